The zero-order valence-corrected chi connectivity index (χ0v) is 13.8. The minimum atomic E-state index is 0.0703. The van der Waals surface area contributed by atoms with Gasteiger partial charge in [0.05, 0.1) is 11.4 Å². The van der Waals surface area contributed by atoms with Crippen LogP contribution in [0.2, 0.25) is 0 Å². The Hall–Kier alpha value is -0.320. The lowest BCUT2D eigenvalue weighted by molar-refractivity contribution is -0.154. The molecule has 1 spiro atoms. The van der Waals surface area contributed by atoms with Gasteiger partial charge in [-0.15, -0.1) is 11.8 Å². The average molecular weight is 355 g/mol. The molecule has 108 valence electrons. The fourth-order valence-electron chi connectivity index (χ4n) is 3.03. The first-order chi connectivity index (χ1) is 9.67. The third kappa shape index (κ3) is 3.29. The molecule has 1 saturated carbocycles. The predicted molar refractivity (Wildman–Crippen MR) is 85.1 cm³/mol. The standard InChI is InChI=1S/C16H19BrO2S/c17-13-2-4-14(5-3-13)20-11-15(18)12-6-9-19-16(10-12)7-1-8-16/h2-5,12H,1,6-11H2. The van der Waals surface area contributed by atoms with Crippen LogP contribution >= 0.6 is 27.7 Å². The van der Waals surface area contributed by atoms with Crippen LogP contribution in [0, 0.1) is 5.92 Å². The quantitative estimate of drug-likeness (QED) is 0.746. The lowest BCUT2D eigenvalue weighted by Gasteiger charge is -2.46. The third-order valence-corrected chi connectivity index (χ3v) is 5.97. The molecule has 0 amide bonds. The van der Waals surface area contributed by atoms with Crippen molar-refractivity contribution in [3.8, 4) is 0 Å². The molecule has 20 heavy (non-hydrogen) atoms. The van der Waals surface area contributed by atoms with Gasteiger partial charge < -0.3 is 4.74 Å². The summed E-state index contributed by atoms with van der Waals surface area (Å²) >= 11 is 5.07. The van der Waals surface area contributed by atoms with Crippen LogP contribution in [0.4, 0.5) is 0 Å². The molecule has 0 bridgehead atoms. The van der Waals surface area contributed by atoms with Gasteiger partial charge in [-0.25, -0.2) is 0 Å². The van der Waals surface area contributed by atoms with E-state index in [0.717, 1.165) is 41.7 Å². The number of carbonyl (C=O) groups is 1. The monoisotopic (exact) mass is 354 g/mol. The van der Waals surface area contributed by atoms with Crippen molar-refractivity contribution in [2.45, 2.75) is 42.6 Å². The van der Waals surface area contributed by atoms with E-state index in [1.165, 1.54) is 6.42 Å². The molecule has 1 heterocycles. The topological polar surface area (TPSA) is 26.3 Å². The molecule has 1 aliphatic carbocycles. The Balaban J connectivity index is 1.52. The number of hydrogen-bond acceptors (Lipinski definition) is 3. The number of carbonyl (C=O) groups excluding carboxylic acids is 1. The molecule has 0 N–H and O–H groups in total. The van der Waals surface area contributed by atoms with E-state index in [9.17, 15) is 4.79 Å². The van der Waals surface area contributed by atoms with Gasteiger partial charge in [-0.05, 0) is 56.4 Å². The Labute approximate surface area is 132 Å². The second-order valence-electron chi connectivity index (χ2n) is 5.78. The Morgan fingerprint density at radius 3 is 2.75 bits per heavy atom. The van der Waals surface area contributed by atoms with E-state index in [0.29, 0.717) is 11.5 Å². The predicted octanol–water partition coefficient (Wildman–Crippen LogP) is 4.46. The lowest BCUT2D eigenvalue weighted by Crippen LogP contribution is -2.47. The SMILES string of the molecule is O=C(CSc1ccc(Br)cc1)C1CCOC2(CCC2)C1. The molecule has 2 nitrogen and oxygen atoms in total. The first-order valence-electron chi connectivity index (χ1n) is 7.22. The molecule has 0 radical (unpaired) electrons. The Kier molecular flexibility index (Phi) is 4.53. The summed E-state index contributed by atoms with van der Waals surface area (Å²) in [6, 6.07) is 8.15. The lowest BCUT2D eigenvalue weighted by atomic mass is 9.71. The molecule has 2 aliphatic rings. The van der Waals surface area contributed by atoms with Gasteiger partial charge in [-0.3, -0.25) is 4.79 Å². The summed E-state index contributed by atoms with van der Waals surface area (Å²) in [6.07, 6.45) is 5.41. The summed E-state index contributed by atoms with van der Waals surface area (Å²) in [4.78, 5) is 13.5. The maximum Gasteiger partial charge on any atom is 0.146 e. The number of thioether (sulfide) groups is 1. The summed E-state index contributed by atoms with van der Waals surface area (Å²) in [5, 5.41) is 0. The van der Waals surface area contributed by atoms with Crippen molar-refractivity contribution in [2.75, 3.05) is 12.4 Å². The van der Waals surface area contributed by atoms with Crippen molar-refractivity contribution in [1.29, 1.82) is 0 Å². The molecule has 1 unspecified atom stereocenters. The van der Waals surface area contributed by atoms with Crippen molar-refractivity contribution >= 4 is 33.5 Å². The summed E-state index contributed by atoms with van der Waals surface area (Å²) in [5.41, 5.74) is 0.0703. The van der Waals surface area contributed by atoms with E-state index in [2.05, 4.69) is 28.1 Å². The van der Waals surface area contributed by atoms with Crippen molar-refractivity contribution in [1.82, 2.24) is 0 Å². The van der Waals surface area contributed by atoms with Crippen LogP contribution < -0.4 is 0 Å². The highest BCUT2D eigenvalue weighted by Crippen LogP contribution is 2.44. The fraction of sp³-hybridized carbons (Fsp3) is 0.562. The zero-order chi connectivity index (χ0) is 14.0. The summed E-state index contributed by atoms with van der Waals surface area (Å²) in [6.45, 7) is 0.763. The maximum atomic E-state index is 12.4. The highest BCUT2D eigenvalue weighted by Gasteiger charge is 2.44. The second-order valence-corrected chi connectivity index (χ2v) is 7.75. The largest absolute Gasteiger partial charge is 0.375 e. The maximum absolute atomic E-state index is 12.4. The first-order valence-corrected chi connectivity index (χ1v) is 9.00. The average Bonchev–Trinajstić information content (AvgIpc) is 2.45. The van der Waals surface area contributed by atoms with Crippen LogP contribution in [0.5, 0.6) is 0 Å². The minimum absolute atomic E-state index is 0.0703. The summed E-state index contributed by atoms with van der Waals surface area (Å²) in [5.74, 6) is 1.20. The highest BCUT2D eigenvalue weighted by atomic mass is 79.9. The normalized spacial score (nSPS) is 24.4. The van der Waals surface area contributed by atoms with E-state index < -0.39 is 0 Å². The first kappa shape index (κ1) is 14.6. The molecule has 0 aromatic heterocycles. The second kappa shape index (κ2) is 6.20. The van der Waals surface area contributed by atoms with Crippen LogP contribution in [0.3, 0.4) is 0 Å². The Morgan fingerprint density at radius 1 is 1.35 bits per heavy atom. The number of Topliss-reactive ketones (excluding diaryl/α,β-unsaturated/α-hetero) is 1. The molecule has 2 fully saturated rings. The summed E-state index contributed by atoms with van der Waals surface area (Å²) in [7, 11) is 0. The molecule has 1 saturated heterocycles. The number of ketones is 1. The molecule has 4 heteroatoms. The van der Waals surface area contributed by atoms with Crippen molar-refractivity contribution in [3.63, 3.8) is 0 Å². The van der Waals surface area contributed by atoms with Gasteiger partial charge in [-0.2, -0.15) is 0 Å². The molecule has 1 aliphatic heterocycles. The molecule has 1 aromatic carbocycles. The van der Waals surface area contributed by atoms with Crippen molar-refractivity contribution < 1.29 is 9.53 Å². The van der Waals surface area contributed by atoms with Crippen molar-refractivity contribution in [2.24, 2.45) is 5.92 Å². The van der Waals surface area contributed by atoms with Crippen LogP contribution in [-0.2, 0) is 9.53 Å². The Morgan fingerprint density at radius 2 is 2.10 bits per heavy atom. The fourth-order valence-corrected chi connectivity index (χ4v) is 4.16. The van der Waals surface area contributed by atoms with E-state index in [-0.39, 0.29) is 11.5 Å². The number of ether oxygens (including phenoxy) is 1. The molecule has 1 atom stereocenters. The molecule has 1 aromatic rings. The molecular formula is C16H19BrO2S. The highest BCUT2D eigenvalue weighted by molar-refractivity contribution is 9.10. The van der Waals surface area contributed by atoms with Crippen LogP contribution in [0.25, 0.3) is 0 Å². The Bertz CT molecular complexity index is 482. The van der Waals surface area contributed by atoms with E-state index in [1.54, 1.807) is 11.8 Å². The van der Waals surface area contributed by atoms with Crippen LogP contribution in [0.1, 0.15) is 32.1 Å². The molecular weight excluding hydrogens is 336 g/mol. The summed E-state index contributed by atoms with van der Waals surface area (Å²) < 4.78 is 6.97. The van der Waals surface area contributed by atoms with E-state index >= 15 is 0 Å². The van der Waals surface area contributed by atoms with Gasteiger partial charge in [0, 0.05) is 21.9 Å². The van der Waals surface area contributed by atoms with Crippen LogP contribution in [0.15, 0.2) is 33.6 Å². The minimum Gasteiger partial charge on any atom is -0.375 e. The van der Waals surface area contributed by atoms with Gasteiger partial charge in [0.25, 0.3) is 0 Å². The number of benzene rings is 1. The third-order valence-electron chi connectivity index (χ3n) is 4.41. The van der Waals surface area contributed by atoms with Gasteiger partial charge in [-0.1, -0.05) is 15.9 Å². The number of halogens is 1. The van der Waals surface area contributed by atoms with E-state index in [1.807, 2.05) is 12.1 Å². The number of rotatable bonds is 4. The van der Waals surface area contributed by atoms with Gasteiger partial charge in [0.2, 0.25) is 0 Å². The van der Waals surface area contributed by atoms with Gasteiger partial charge >= 0.3 is 0 Å². The van der Waals surface area contributed by atoms with E-state index in [4.69, 9.17) is 4.74 Å². The zero-order valence-electron chi connectivity index (χ0n) is 11.4. The van der Waals surface area contributed by atoms with Gasteiger partial charge in [0.1, 0.15) is 5.78 Å². The van der Waals surface area contributed by atoms with Gasteiger partial charge in [0.15, 0.2) is 0 Å². The number of hydrogen-bond donors (Lipinski definition) is 0. The van der Waals surface area contributed by atoms with Crippen LogP contribution in [-0.4, -0.2) is 23.7 Å². The smallest absolute Gasteiger partial charge is 0.146 e. The molecule has 3 rings (SSSR count). The van der Waals surface area contributed by atoms with Crippen molar-refractivity contribution in [3.05, 3.63) is 28.7 Å².